The van der Waals surface area contributed by atoms with E-state index in [2.05, 4.69) is 4.98 Å². The summed E-state index contributed by atoms with van der Waals surface area (Å²) >= 11 is 0. The van der Waals surface area contributed by atoms with Crippen molar-refractivity contribution in [3.05, 3.63) is 78.1 Å². The van der Waals surface area contributed by atoms with E-state index in [-0.39, 0.29) is 18.8 Å². The number of halogens is 1. The van der Waals surface area contributed by atoms with Crippen LogP contribution in [0.3, 0.4) is 0 Å². The van der Waals surface area contributed by atoms with Crippen LogP contribution in [0.5, 0.6) is 0 Å². The number of rotatable bonds is 5. The average Bonchev–Trinajstić information content (AvgIpc) is 3.03. The maximum absolute atomic E-state index is 13.1. The van der Waals surface area contributed by atoms with Crippen LogP contribution in [-0.2, 0) is 22.6 Å². The summed E-state index contributed by atoms with van der Waals surface area (Å²) in [6.07, 6.45) is 1.59. The van der Waals surface area contributed by atoms with Gasteiger partial charge in [-0.05, 0) is 17.7 Å². The Morgan fingerprint density at radius 1 is 1.13 bits per heavy atom. The highest BCUT2D eigenvalue weighted by Gasteiger charge is 2.10. The normalized spacial score (nSPS) is 10.5. The van der Waals surface area contributed by atoms with Crippen molar-refractivity contribution in [3.8, 4) is 11.3 Å². The minimum Gasteiger partial charge on any atom is -0.455 e. The van der Waals surface area contributed by atoms with Gasteiger partial charge in [-0.2, -0.15) is 0 Å². The molecule has 1 heterocycles. The molecule has 0 saturated carbocycles. The molecule has 0 unspecified atom stereocenters. The minimum absolute atomic E-state index is 0.00398. The fourth-order valence-electron chi connectivity index (χ4n) is 2.12. The highest BCUT2D eigenvalue weighted by atomic mass is 19.1. The van der Waals surface area contributed by atoms with Gasteiger partial charge in [0.25, 0.3) is 0 Å². The number of oxazole rings is 1. The number of aromatic nitrogens is 1. The highest BCUT2D eigenvalue weighted by molar-refractivity contribution is 5.72. The summed E-state index contributed by atoms with van der Waals surface area (Å²) in [6, 6.07) is 15.4. The lowest BCUT2D eigenvalue weighted by Crippen LogP contribution is -2.08. The molecule has 116 valence electrons. The van der Waals surface area contributed by atoms with Crippen LogP contribution >= 0.6 is 0 Å². The van der Waals surface area contributed by atoms with Gasteiger partial charge in [0.05, 0.1) is 12.6 Å². The molecule has 0 amide bonds. The largest absolute Gasteiger partial charge is 0.455 e. The molecule has 0 radical (unpaired) electrons. The second kappa shape index (κ2) is 6.87. The van der Waals surface area contributed by atoms with Crippen molar-refractivity contribution in [2.24, 2.45) is 0 Å². The Kier molecular flexibility index (Phi) is 4.47. The summed E-state index contributed by atoms with van der Waals surface area (Å²) in [6.45, 7) is -0.0546. The maximum atomic E-state index is 13.1. The molecular formula is C18H14FNO3. The quantitative estimate of drug-likeness (QED) is 0.673. The monoisotopic (exact) mass is 311 g/mol. The zero-order valence-electron chi connectivity index (χ0n) is 12.2. The van der Waals surface area contributed by atoms with Gasteiger partial charge in [0.15, 0.2) is 12.4 Å². The van der Waals surface area contributed by atoms with Crippen molar-refractivity contribution in [1.29, 1.82) is 0 Å². The number of ether oxygens (including phenoxy) is 1. The number of nitrogens with zero attached hydrogens (tertiary/aromatic N) is 1. The van der Waals surface area contributed by atoms with Crippen LogP contribution in [0.2, 0.25) is 0 Å². The summed E-state index contributed by atoms with van der Waals surface area (Å²) in [5.74, 6) is 0.0868. The highest BCUT2D eigenvalue weighted by Crippen LogP contribution is 2.20. The fourth-order valence-corrected chi connectivity index (χ4v) is 2.12. The van der Waals surface area contributed by atoms with Crippen molar-refractivity contribution >= 4 is 5.97 Å². The molecule has 0 aliphatic heterocycles. The molecule has 2 aromatic carbocycles. The Hall–Kier alpha value is -2.95. The Morgan fingerprint density at radius 3 is 2.74 bits per heavy atom. The first kappa shape index (κ1) is 15.0. The van der Waals surface area contributed by atoms with Gasteiger partial charge in [0.2, 0.25) is 5.89 Å². The van der Waals surface area contributed by atoms with E-state index in [4.69, 9.17) is 9.15 Å². The molecule has 0 atom stereocenters. The first-order valence-electron chi connectivity index (χ1n) is 7.11. The Bertz CT molecular complexity index is 799. The topological polar surface area (TPSA) is 52.3 Å². The molecule has 0 aliphatic carbocycles. The van der Waals surface area contributed by atoms with E-state index in [0.717, 1.165) is 5.56 Å². The molecule has 0 saturated heterocycles. The van der Waals surface area contributed by atoms with Gasteiger partial charge in [-0.1, -0.05) is 42.5 Å². The van der Waals surface area contributed by atoms with Crippen molar-refractivity contribution in [1.82, 2.24) is 4.98 Å². The Labute approximate surface area is 132 Å². The third-order valence-corrected chi connectivity index (χ3v) is 3.21. The fraction of sp³-hybridized carbons (Fsp3) is 0.111. The zero-order chi connectivity index (χ0) is 16.1. The van der Waals surface area contributed by atoms with Gasteiger partial charge in [-0.3, -0.25) is 4.79 Å². The van der Waals surface area contributed by atoms with Crippen LogP contribution in [-0.4, -0.2) is 11.0 Å². The van der Waals surface area contributed by atoms with E-state index in [1.54, 1.807) is 18.3 Å². The molecule has 0 aliphatic rings. The summed E-state index contributed by atoms with van der Waals surface area (Å²) in [5.41, 5.74) is 1.46. The Balaban J connectivity index is 1.56. The molecule has 0 fully saturated rings. The number of hydrogen-bond acceptors (Lipinski definition) is 4. The van der Waals surface area contributed by atoms with Gasteiger partial charge in [-0.15, -0.1) is 0 Å². The van der Waals surface area contributed by atoms with Crippen molar-refractivity contribution in [3.63, 3.8) is 0 Å². The molecule has 23 heavy (non-hydrogen) atoms. The molecule has 1 aromatic heterocycles. The smallest absolute Gasteiger partial charge is 0.310 e. The summed E-state index contributed by atoms with van der Waals surface area (Å²) in [5, 5.41) is 0. The third kappa shape index (κ3) is 4.03. The van der Waals surface area contributed by atoms with Crippen LogP contribution < -0.4 is 0 Å². The van der Waals surface area contributed by atoms with E-state index >= 15 is 0 Å². The predicted octanol–water partition coefficient (Wildman–Crippen LogP) is 3.77. The summed E-state index contributed by atoms with van der Waals surface area (Å²) in [4.78, 5) is 15.8. The third-order valence-electron chi connectivity index (χ3n) is 3.21. The number of carbonyl (C=O) groups is 1. The number of carbonyl (C=O) groups excluding carboxylic acids is 1. The van der Waals surface area contributed by atoms with Crippen LogP contribution in [0.25, 0.3) is 11.3 Å². The van der Waals surface area contributed by atoms with Crippen molar-refractivity contribution in [2.45, 2.75) is 13.0 Å². The molecule has 0 N–H and O–H groups in total. The predicted molar refractivity (Wildman–Crippen MR) is 81.8 cm³/mol. The second-order valence-electron chi connectivity index (χ2n) is 4.95. The van der Waals surface area contributed by atoms with E-state index < -0.39 is 5.97 Å². The minimum atomic E-state index is -0.463. The average molecular weight is 311 g/mol. The summed E-state index contributed by atoms with van der Waals surface area (Å²) in [7, 11) is 0. The van der Waals surface area contributed by atoms with Crippen molar-refractivity contribution < 1.29 is 18.3 Å². The van der Waals surface area contributed by atoms with Gasteiger partial charge in [0.1, 0.15) is 5.82 Å². The molecule has 4 nitrogen and oxygen atoms in total. The van der Waals surface area contributed by atoms with Crippen LogP contribution in [0, 0.1) is 5.82 Å². The van der Waals surface area contributed by atoms with E-state index in [0.29, 0.717) is 17.2 Å². The van der Waals surface area contributed by atoms with E-state index in [1.807, 2.05) is 30.3 Å². The van der Waals surface area contributed by atoms with E-state index in [9.17, 15) is 9.18 Å². The van der Waals surface area contributed by atoms with Crippen LogP contribution in [0.4, 0.5) is 4.39 Å². The molecule has 5 heteroatoms. The van der Waals surface area contributed by atoms with Gasteiger partial charge in [0, 0.05) is 5.56 Å². The van der Waals surface area contributed by atoms with Gasteiger partial charge in [-0.25, -0.2) is 9.37 Å². The number of esters is 1. The number of hydrogen-bond donors (Lipinski definition) is 0. The van der Waals surface area contributed by atoms with E-state index in [1.165, 1.54) is 12.1 Å². The lowest BCUT2D eigenvalue weighted by molar-refractivity contribution is -0.144. The zero-order valence-corrected chi connectivity index (χ0v) is 12.2. The second-order valence-corrected chi connectivity index (χ2v) is 4.95. The first-order valence-corrected chi connectivity index (χ1v) is 7.11. The van der Waals surface area contributed by atoms with Crippen LogP contribution in [0.15, 0.2) is 65.2 Å². The van der Waals surface area contributed by atoms with Gasteiger partial charge < -0.3 is 9.15 Å². The van der Waals surface area contributed by atoms with Crippen LogP contribution in [0.1, 0.15) is 11.5 Å². The Morgan fingerprint density at radius 2 is 1.96 bits per heavy atom. The van der Waals surface area contributed by atoms with Gasteiger partial charge >= 0.3 is 5.97 Å². The SMILES string of the molecule is O=C(Cc1cccc(F)c1)OCc1ncc(-c2ccccc2)o1. The standard InChI is InChI=1S/C18H14FNO3/c19-15-8-4-5-13(9-15)10-18(21)22-12-17-20-11-16(23-17)14-6-2-1-3-7-14/h1-9,11H,10,12H2. The van der Waals surface area contributed by atoms with Crippen molar-refractivity contribution in [2.75, 3.05) is 0 Å². The number of benzene rings is 2. The molecule has 0 bridgehead atoms. The molecule has 3 rings (SSSR count). The lowest BCUT2D eigenvalue weighted by atomic mass is 10.1. The molecule has 0 spiro atoms. The first-order chi connectivity index (χ1) is 11.2. The maximum Gasteiger partial charge on any atom is 0.310 e. The summed E-state index contributed by atoms with van der Waals surface area (Å²) < 4.78 is 23.7. The molecular weight excluding hydrogens is 297 g/mol. The lowest BCUT2D eigenvalue weighted by Gasteiger charge is -2.03. The molecule has 3 aromatic rings.